The summed E-state index contributed by atoms with van der Waals surface area (Å²) in [5, 5.41) is 3.79. The predicted molar refractivity (Wildman–Crippen MR) is 130 cm³/mol. The summed E-state index contributed by atoms with van der Waals surface area (Å²) in [5.41, 5.74) is 0.0580. The van der Waals surface area contributed by atoms with Gasteiger partial charge in [-0.1, -0.05) is 32.0 Å². The monoisotopic (exact) mass is 491 g/mol. The van der Waals surface area contributed by atoms with E-state index in [0.29, 0.717) is 47.6 Å². The number of hydrogen-bond acceptors (Lipinski definition) is 6. The van der Waals surface area contributed by atoms with Crippen LogP contribution in [-0.4, -0.2) is 36.9 Å². The van der Waals surface area contributed by atoms with Gasteiger partial charge < -0.3 is 19.5 Å². The Morgan fingerprint density at radius 1 is 1.06 bits per heavy atom. The van der Waals surface area contributed by atoms with Crippen LogP contribution in [0.3, 0.4) is 0 Å². The van der Waals surface area contributed by atoms with E-state index in [0.717, 1.165) is 6.07 Å². The van der Waals surface area contributed by atoms with Crippen LogP contribution < -0.4 is 14.8 Å². The highest BCUT2D eigenvalue weighted by Crippen LogP contribution is 2.37. The zero-order valence-corrected chi connectivity index (χ0v) is 21.1. The van der Waals surface area contributed by atoms with Crippen LogP contribution in [0.25, 0.3) is 10.9 Å². The third-order valence-electron chi connectivity index (χ3n) is 5.77. The average Bonchev–Trinajstić information content (AvgIpc) is 2.77. The summed E-state index contributed by atoms with van der Waals surface area (Å²) in [4.78, 5) is 9.00. The molecule has 0 saturated heterocycles. The molecule has 1 aromatic heterocycles. The van der Waals surface area contributed by atoms with Crippen LogP contribution in [0.1, 0.15) is 50.7 Å². The first kappa shape index (κ1) is 26.5. The van der Waals surface area contributed by atoms with Gasteiger partial charge in [0.1, 0.15) is 23.6 Å². The van der Waals surface area contributed by atoms with Gasteiger partial charge in [0, 0.05) is 31.0 Å². The Morgan fingerprint density at radius 2 is 1.77 bits per heavy atom. The Morgan fingerprint density at radius 3 is 2.37 bits per heavy atom. The van der Waals surface area contributed by atoms with E-state index in [1.807, 2.05) is 13.8 Å². The Hall–Kier alpha value is -3.07. The molecule has 3 rings (SSSR count). The number of halogens is 3. The smallest absolute Gasteiger partial charge is 0.273 e. The number of aryl methyl sites for hydroxylation is 1. The molecule has 1 unspecified atom stereocenters. The summed E-state index contributed by atoms with van der Waals surface area (Å²) in [7, 11) is 3.15. The molecule has 0 bridgehead atoms. The molecule has 0 spiro atoms. The lowest BCUT2D eigenvalue weighted by Gasteiger charge is -2.24. The van der Waals surface area contributed by atoms with Gasteiger partial charge in [0.25, 0.3) is 5.92 Å². The minimum absolute atomic E-state index is 0.110. The summed E-state index contributed by atoms with van der Waals surface area (Å²) in [6.45, 7) is 8.55. The lowest BCUT2D eigenvalue weighted by Crippen LogP contribution is -2.28. The van der Waals surface area contributed by atoms with Crippen molar-refractivity contribution in [1.29, 1.82) is 0 Å². The van der Waals surface area contributed by atoms with E-state index in [4.69, 9.17) is 14.2 Å². The molecule has 3 aromatic rings. The second-order valence-corrected chi connectivity index (χ2v) is 8.96. The van der Waals surface area contributed by atoms with Crippen molar-refractivity contribution in [3.05, 3.63) is 53.1 Å². The minimum Gasteiger partial charge on any atom is -0.493 e. The maximum atomic E-state index is 15.0. The summed E-state index contributed by atoms with van der Waals surface area (Å²) in [6, 6.07) is 6.85. The van der Waals surface area contributed by atoms with Crippen molar-refractivity contribution in [3.63, 3.8) is 0 Å². The Kier molecular flexibility index (Phi) is 8.10. The predicted octanol–water partition coefficient (Wildman–Crippen LogP) is 6.42. The molecule has 0 aliphatic rings. The van der Waals surface area contributed by atoms with Crippen molar-refractivity contribution in [3.8, 4) is 11.5 Å². The topological polar surface area (TPSA) is 65.5 Å². The van der Waals surface area contributed by atoms with Gasteiger partial charge in [0.2, 0.25) is 0 Å². The van der Waals surface area contributed by atoms with Crippen molar-refractivity contribution >= 4 is 16.7 Å². The van der Waals surface area contributed by atoms with Gasteiger partial charge in [0.15, 0.2) is 11.5 Å². The first-order chi connectivity index (χ1) is 16.5. The van der Waals surface area contributed by atoms with E-state index < -0.39 is 23.3 Å². The van der Waals surface area contributed by atoms with Crippen molar-refractivity contribution < 1.29 is 27.4 Å². The number of benzene rings is 2. The third kappa shape index (κ3) is 5.96. The zero-order chi connectivity index (χ0) is 25.9. The number of rotatable bonds is 10. The molecular formula is C26H32F3N3O3. The molecule has 0 amide bonds. The molecule has 6 nitrogen and oxygen atoms in total. The number of alkyl halides is 2. The van der Waals surface area contributed by atoms with E-state index in [1.165, 1.54) is 12.1 Å². The molecule has 0 aliphatic carbocycles. The summed E-state index contributed by atoms with van der Waals surface area (Å²) >= 11 is 0. The fourth-order valence-corrected chi connectivity index (χ4v) is 3.81. The van der Waals surface area contributed by atoms with Crippen LogP contribution in [0.2, 0.25) is 0 Å². The first-order valence-corrected chi connectivity index (χ1v) is 11.4. The van der Waals surface area contributed by atoms with Crippen LogP contribution in [0.5, 0.6) is 11.5 Å². The molecule has 190 valence electrons. The fraction of sp³-hybridized carbons (Fsp3) is 0.462. The molecule has 2 atom stereocenters. The normalized spacial score (nSPS) is 13.7. The summed E-state index contributed by atoms with van der Waals surface area (Å²) in [5.74, 6) is -2.17. The van der Waals surface area contributed by atoms with E-state index in [2.05, 4.69) is 15.3 Å². The number of aromatic nitrogens is 2. The molecule has 0 fully saturated rings. The van der Waals surface area contributed by atoms with E-state index in [-0.39, 0.29) is 17.6 Å². The molecule has 0 aliphatic heterocycles. The third-order valence-corrected chi connectivity index (χ3v) is 5.77. The van der Waals surface area contributed by atoms with Crippen LogP contribution in [-0.2, 0) is 10.7 Å². The lowest BCUT2D eigenvalue weighted by atomic mass is 10.0. The van der Waals surface area contributed by atoms with Crippen LogP contribution >= 0.6 is 0 Å². The Balaban J connectivity index is 2.05. The van der Waals surface area contributed by atoms with E-state index >= 15 is 0 Å². The number of anilines is 1. The zero-order valence-electron chi connectivity index (χ0n) is 21.1. The largest absolute Gasteiger partial charge is 0.493 e. The van der Waals surface area contributed by atoms with Crippen molar-refractivity contribution in [2.75, 3.05) is 26.1 Å². The number of hydrogen-bond donors (Lipinski definition) is 1. The molecule has 2 aromatic carbocycles. The number of nitrogens with one attached hydrogen (secondary N) is 1. The van der Waals surface area contributed by atoms with Crippen molar-refractivity contribution in [1.82, 2.24) is 9.97 Å². The second kappa shape index (κ2) is 10.7. The number of nitrogens with zero attached hydrogens (tertiary/aromatic N) is 2. The minimum atomic E-state index is -3.30. The standard InChI is InChI=1S/C26H32F3N3O3/c1-14(2)23(13-33-6)35-22-11-18-20(12-21(22)34-7)31-16(4)32-25(18)30-15(3)17-9-8-10-19(24(17)27)26(5,28)29/h8-12,14-15,23H,13H2,1-7H3,(H,30,31,32)/t15-,23?/m1/s1. The second-order valence-electron chi connectivity index (χ2n) is 8.96. The van der Waals surface area contributed by atoms with Gasteiger partial charge >= 0.3 is 0 Å². The molecule has 9 heteroatoms. The van der Waals surface area contributed by atoms with Crippen LogP contribution in [0, 0.1) is 18.7 Å². The van der Waals surface area contributed by atoms with Crippen molar-refractivity contribution in [2.45, 2.75) is 52.7 Å². The molecule has 0 saturated carbocycles. The molecule has 1 N–H and O–H groups in total. The highest BCUT2D eigenvalue weighted by molar-refractivity contribution is 5.92. The maximum Gasteiger partial charge on any atom is 0.273 e. The molecule has 1 heterocycles. The maximum absolute atomic E-state index is 15.0. The highest BCUT2D eigenvalue weighted by Gasteiger charge is 2.30. The van der Waals surface area contributed by atoms with Gasteiger partial charge in [-0.05, 0) is 25.8 Å². The van der Waals surface area contributed by atoms with Gasteiger partial charge in [-0.15, -0.1) is 0 Å². The lowest BCUT2D eigenvalue weighted by molar-refractivity contribution is 0.0136. The molecule has 35 heavy (non-hydrogen) atoms. The Bertz CT molecular complexity index is 1180. The van der Waals surface area contributed by atoms with E-state index in [9.17, 15) is 13.2 Å². The van der Waals surface area contributed by atoms with Crippen LogP contribution in [0.15, 0.2) is 30.3 Å². The summed E-state index contributed by atoms with van der Waals surface area (Å²) in [6.07, 6.45) is -0.222. The number of ether oxygens (including phenoxy) is 3. The SMILES string of the molecule is COCC(Oc1cc2c(N[C@H](C)c3cccc(C(C)(F)F)c3F)nc(C)nc2cc1OC)C(C)C. The molecular weight excluding hydrogens is 459 g/mol. The average molecular weight is 492 g/mol. The van der Waals surface area contributed by atoms with Gasteiger partial charge in [-0.25, -0.2) is 23.1 Å². The Labute approximate surface area is 203 Å². The molecule has 0 radical (unpaired) electrons. The van der Waals surface area contributed by atoms with E-state index in [1.54, 1.807) is 40.2 Å². The van der Waals surface area contributed by atoms with Gasteiger partial charge in [-0.3, -0.25) is 0 Å². The quantitative estimate of drug-likeness (QED) is 0.353. The first-order valence-electron chi connectivity index (χ1n) is 11.4. The van der Waals surface area contributed by atoms with Gasteiger partial charge in [-0.2, -0.15) is 0 Å². The fourth-order valence-electron chi connectivity index (χ4n) is 3.81. The number of methoxy groups -OCH3 is 2. The van der Waals surface area contributed by atoms with Crippen molar-refractivity contribution in [2.24, 2.45) is 5.92 Å². The number of fused-ring (bicyclic) bond motifs is 1. The highest BCUT2D eigenvalue weighted by atomic mass is 19.3. The van der Waals surface area contributed by atoms with Crippen LogP contribution in [0.4, 0.5) is 19.0 Å². The summed E-state index contributed by atoms with van der Waals surface area (Å²) < 4.78 is 59.7. The van der Waals surface area contributed by atoms with Gasteiger partial charge in [0.05, 0.1) is 30.8 Å².